The molecule has 0 aliphatic rings. The van der Waals surface area contributed by atoms with Gasteiger partial charge in [-0.2, -0.15) is 0 Å². The Morgan fingerprint density at radius 3 is 2.64 bits per heavy atom. The fourth-order valence-electron chi connectivity index (χ4n) is 1.75. The number of hydrogen-bond donors (Lipinski definition) is 0. The lowest BCUT2D eigenvalue weighted by Crippen LogP contribution is -2.23. The molecule has 14 heavy (non-hydrogen) atoms. The maximum atomic E-state index is 4.42. The van der Waals surface area contributed by atoms with Gasteiger partial charge in [-0.1, -0.05) is 0 Å². The van der Waals surface area contributed by atoms with Crippen LogP contribution in [0, 0.1) is 6.92 Å². The zero-order valence-corrected chi connectivity index (χ0v) is 8.94. The van der Waals surface area contributed by atoms with E-state index in [1.807, 2.05) is 6.92 Å². The molecule has 2 aromatic rings. The van der Waals surface area contributed by atoms with Crippen LogP contribution in [-0.2, 0) is 5.54 Å². The van der Waals surface area contributed by atoms with E-state index in [0.29, 0.717) is 0 Å². The third-order valence-corrected chi connectivity index (χ3v) is 2.16. The van der Waals surface area contributed by atoms with E-state index >= 15 is 0 Å². The van der Waals surface area contributed by atoms with E-state index in [2.05, 4.69) is 40.3 Å². The van der Waals surface area contributed by atoms with Crippen molar-refractivity contribution in [2.75, 3.05) is 0 Å². The van der Waals surface area contributed by atoms with Crippen molar-refractivity contribution in [1.82, 2.24) is 19.5 Å². The summed E-state index contributed by atoms with van der Waals surface area (Å²) in [6.07, 6.45) is 3.31. The molecule has 0 atom stereocenters. The molecule has 0 radical (unpaired) electrons. The van der Waals surface area contributed by atoms with Crippen molar-refractivity contribution >= 4 is 11.2 Å². The normalized spacial score (nSPS) is 12.3. The summed E-state index contributed by atoms with van der Waals surface area (Å²) < 4.78 is 2.13. The third-order valence-electron chi connectivity index (χ3n) is 2.16. The van der Waals surface area contributed by atoms with Crippen LogP contribution >= 0.6 is 0 Å². The van der Waals surface area contributed by atoms with Crippen LogP contribution < -0.4 is 0 Å². The monoisotopic (exact) mass is 190 g/mol. The maximum absolute atomic E-state index is 4.42. The summed E-state index contributed by atoms with van der Waals surface area (Å²) in [5.74, 6) is 0.980. The number of rotatable bonds is 0. The average molecular weight is 190 g/mol. The molecule has 0 aromatic carbocycles. The Morgan fingerprint density at radius 2 is 2.00 bits per heavy atom. The van der Waals surface area contributed by atoms with E-state index in [-0.39, 0.29) is 5.54 Å². The van der Waals surface area contributed by atoms with Crippen molar-refractivity contribution in [2.24, 2.45) is 0 Å². The number of nitrogens with zero attached hydrogens (tertiary/aromatic N) is 4. The van der Waals surface area contributed by atoms with Crippen LogP contribution in [-0.4, -0.2) is 19.5 Å². The molecule has 0 amide bonds. The van der Waals surface area contributed by atoms with Gasteiger partial charge in [0, 0.05) is 5.54 Å². The molecule has 0 aliphatic carbocycles. The quantitative estimate of drug-likeness (QED) is 0.637. The summed E-state index contributed by atoms with van der Waals surface area (Å²) in [6, 6.07) is 0. The van der Waals surface area contributed by atoms with E-state index in [4.69, 9.17) is 0 Å². The van der Waals surface area contributed by atoms with Gasteiger partial charge in [-0.25, -0.2) is 15.0 Å². The summed E-state index contributed by atoms with van der Waals surface area (Å²) in [5.41, 5.74) is 1.78. The first-order chi connectivity index (χ1) is 6.50. The summed E-state index contributed by atoms with van der Waals surface area (Å²) in [7, 11) is 0. The van der Waals surface area contributed by atoms with E-state index < -0.39 is 0 Å². The van der Waals surface area contributed by atoms with Crippen LogP contribution in [0.2, 0.25) is 0 Å². The second kappa shape index (κ2) is 2.77. The predicted molar refractivity (Wildman–Crippen MR) is 55.1 cm³/mol. The number of hydrogen-bond acceptors (Lipinski definition) is 3. The SMILES string of the molecule is Cc1nc2cncnc2n1C(C)(C)C. The topological polar surface area (TPSA) is 43.6 Å². The zero-order valence-electron chi connectivity index (χ0n) is 8.94. The minimum absolute atomic E-state index is 0.00713. The minimum Gasteiger partial charge on any atom is -0.307 e. The second-order valence-corrected chi connectivity index (χ2v) is 4.40. The van der Waals surface area contributed by atoms with Gasteiger partial charge in [0.15, 0.2) is 5.65 Å². The Bertz CT molecular complexity index is 464. The largest absolute Gasteiger partial charge is 0.307 e. The number of imidazole rings is 1. The van der Waals surface area contributed by atoms with Crippen molar-refractivity contribution < 1.29 is 0 Å². The molecule has 0 saturated carbocycles. The van der Waals surface area contributed by atoms with Crippen LogP contribution in [0.15, 0.2) is 12.5 Å². The Hall–Kier alpha value is -1.45. The molecule has 0 fully saturated rings. The molecule has 2 heterocycles. The molecule has 0 saturated heterocycles. The highest BCUT2D eigenvalue weighted by atomic mass is 15.2. The molecule has 0 bridgehead atoms. The Labute approximate surface area is 83.0 Å². The molecule has 0 N–H and O–H groups in total. The highest BCUT2D eigenvalue weighted by molar-refractivity contribution is 5.70. The Balaban J connectivity index is 2.81. The Morgan fingerprint density at radius 1 is 1.29 bits per heavy atom. The fraction of sp³-hybridized carbons (Fsp3) is 0.500. The van der Waals surface area contributed by atoms with Crippen LogP contribution in [0.4, 0.5) is 0 Å². The van der Waals surface area contributed by atoms with Crippen molar-refractivity contribution in [2.45, 2.75) is 33.2 Å². The summed E-state index contributed by atoms with van der Waals surface area (Å²) in [6.45, 7) is 8.42. The lowest BCUT2D eigenvalue weighted by atomic mass is 10.1. The lowest BCUT2D eigenvalue weighted by Gasteiger charge is -2.22. The summed E-state index contributed by atoms with van der Waals surface area (Å²) in [5, 5.41) is 0. The van der Waals surface area contributed by atoms with E-state index in [1.54, 1.807) is 12.5 Å². The molecule has 0 aliphatic heterocycles. The lowest BCUT2D eigenvalue weighted by molar-refractivity contribution is 0.397. The molecule has 2 aromatic heterocycles. The molecular weight excluding hydrogens is 176 g/mol. The number of aryl methyl sites for hydroxylation is 1. The minimum atomic E-state index is 0.00713. The standard InChI is InChI=1S/C10H14N4/c1-7-13-8-5-11-6-12-9(8)14(7)10(2,3)4/h5-6H,1-4H3. The van der Waals surface area contributed by atoms with Gasteiger partial charge in [-0.3, -0.25) is 0 Å². The highest BCUT2D eigenvalue weighted by Crippen LogP contribution is 2.22. The van der Waals surface area contributed by atoms with E-state index in [1.165, 1.54) is 0 Å². The molecule has 2 rings (SSSR count). The first-order valence-electron chi connectivity index (χ1n) is 4.65. The van der Waals surface area contributed by atoms with E-state index in [9.17, 15) is 0 Å². The van der Waals surface area contributed by atoms with Crippen molar-refractivity contribution in [3.05, 3.63) is 18.3 Å². The van der Waals surface area contributed by atoms with Gasteiger partial charge >= 0.3 is 0 Å². The fourth-order valence-corrected chi connectivity index (χ4v) is 1.75. The first kappa shape index (κ1) is 9.12. The van der Waals surface area contributed by atoms with Gasteiger partial charge in [-0.05, 0) is 27.7 Å². The van der Waals surface area contributed by atoms with Crippen LogP contribution in [0.5, 0.6) is 0 Å². The van der Waals surface area contributed by atoms with Crippen LogP contribution in [0.1, 0.15) is 26.6 Å². The van der Waals surface area contributed by atoms with Gasteiger partial charge in [0.2, 0.25) is 0 Å². The van der Waals surface area contributed by atoms with Crippen LogP contribution in [0.25, 0.3) is 11.2 Å². The third kappa shape index (κ3) is 1.27. The second-order valence-electron chi connectivity index (χ2n) is 4.40. The number of aromatic nitrogens is 4. The van der Waals surface area contributed by atoms with Crippen molar-refractivity contribution in [3.8, 4) is 0 Å². The summed E-state index contributed by atoms with van der Waals surface area (Å²) >= 11 is 0. The van der Waals surface area contributed by atoms with Gasteiger partial charge in [-0.15, -0.1) is 0 Å². The van der Waals surface area contributed by atoms with E-state index in [0.717, 1.165) is 17.0 Å². The molecule has 4 nitrogen and oxygen atoms in total. The average Bonchev–Trinajstić information content (AvgIpc) is 2.38. The van der Waals surface area contributed by atoms with Crippen LogP contribution in [0.3, 0.4) is 0 Å². The smallest absolute Gasteiger partial charge is 0.163 e. The van der Waals surface area contributed by atoms with Crippen molar-refractivity contribution in [3.63, 3.8) is 0 Å². The molecule has 74 valence electrons. The molecular formula is C10H14N4. The molecule has 4 heteroatoms. The van der Waals surface area contributed by atoms with Crippen molar-refractivity contribution in [1.29, 1.82) is 0 Å². The predicted octanol–water partition coefficient (Wildman–Crippen LogP) is 1.89. The first-order valence-corrected chi connectivity index (χ1v) is 4.65. The highest BCUT2D eigenvalue weighted by Gasteiger charge is 2.19. The summed E-state index contributed by atoms with van der Waals surface area (Å²) in [4.78, 5) is 12.6. The zero-order chi connectivity index (χ0) is 10.3. The van der Waals surface area contributed by atoms with Gasteiger partial charge in [0.1, 0.15) is 17.7 Å². The molecule has 0 spiro atoms. The van der Waals surface area contributed by atoms with Gasteiger partial charge in [0.25, 0.3) is 0 Å². The molecule has 0 unspecified atom stereocenters. The Kier molecular flexibility index (Phi) is 1.80. The maximum Gasteiger partial charge on any atom is 0.163 e. The van der Waals surface area contributed by atoms with Gasteiger partial charge in [0.05, 0.1) is 6.20 Å². The van der Waals surface area contributed by atoms with Gasteiger partial charge < -0.3 is 4.57 Å². The number of fused-ring (bicyclic) bond motifs is 1.